The number of nitrogens with zero attached hydrogens (tertiary/aromatic N) is 3. The number of amides is 1. The van der Waals surface area contributed by atoms with E-state index in [2.05, 4.69) is 27.9 Å². The lowest BCUT2D eigenvalue weighted by atomic mass is 9.97. The molecule has 1 aliphatic heterocycles. The Hall–Kier alpha value is -2.66. The maximum absolute atomic E-state index is 12.7. The number of benzene rings is 2. The fraction of sp³-hybridized carbons (Fsp3) is 0.364. The maximum Gasteiger partial charge on any atom is 0.228 e. The SMILES string of the molecule is Cc1ccc(NC(=O)[C@H]2CCCN(Cc3nc4ccccc4n3C)C2)cc1. The summed E-state index contributed by atoms with van der Waals surface area (Å²) in [6.45, 7) is 4.61. The highest BCUT2D eigenvalue weighted by Crippen LogP contribution is 2.22. The molecule has 0 spiro atoms. The predicted octanol–water partition coefficient (Wildman–Crippen LogP) is 3.73. The minimum Gasteiger partial charge on any atom is -0.330 e. The number of nitrogens with one attached hydrogen (secondary N) is 1. The van der Waals surface area contributed by atoms with Crippen molar-refractivity contribution >= 4 is 22.6 Å². The fourth-order valence-electron chi connectivity index (χ4n) is 3.83. The molecule has 2 heterocycles. The number of carbonyl (C=O) groups excluding carboxylic acids is 1. The van der Waals surface area contributed by atoms with Crippen molar-refractivity contribution in [2.24, 2.45) is 13.0 Å². The highest BCUT2D eigenvalue weighted by molar-refractivity contribution is 5.92. The number of rotatable bonds is 4. The van der Waals surface area contributed by atoms with Crippen molar-refractivity contribution in [1.82, 2.24) is 14.5 Å². The van der Waals surface area contributed by atoms with Crippen LogP contribution in [0.1, 0.15) is 24.2 Å². The van der Waals surface area contributed by atoms with E-state index in [1.54, 1.807) is 0 Å². The first kappa shape index (κ1) is 17.7. The number of carbonyl (C=O) groups is 1. The number of hydrogen-bond acceptors (Lipinski definition) is 3. The van der Waals surface area contributed by atoms with Gasteiger partial charge in [-0.3, -0.25) is 9.69 Å². The van der Waals surface area contributed by atoms with Crippen molar-refractivity contribution in [3.05, 3.63) is 59.9 Å². The van der Waals surface area contributed by atoms with Gasteiger partial charge in [-0.05, 0) is 50.6 Å². The van der Waals surface area contributed by atoms with Gasteiger partial charge in [-0.25, -0.2) is 4.98 Å². The van der Waals surface area contributed by atoms with E-state index in [1.807, 2.05) is 49.4 Å². The van der Waals surface area contributed by atoms with E-state index in [-0.39, 0.29) is 11.8 Å². The topological polar surface area (TPSA) is 50.2 Å². The first-order valence-electron chi connectivity index (χ1n) is 9.60. The quantitative estimate of drug-likeness (QED) is 0.769. The second kappa shape index (κ2) is 7.53. The van der Waals surface area contributed by atoms with Gasteiger partial charge in [0.05, 0.1) is 23.5 Å². The molecule has 0 radical (unpaired) electrons. The standard InChI is InChI=1S/C22H26N4O/c1-16-9-11-18(12-10-16)23-22(27)17-6-5-13-26(14-17)15-21-24-19-7-3-4-8-20(19)25(21)2/h3-4,7-12,17H,5-6,13-15H2,1-2H3,(H,23,27)/t17-/m0/s1. The molecule has 27 heavy (non-hydrogen) atoms. The van der Waals surface area contributed by atoms with E-state index in [0.29, 0.717) is 0 Å². The van der Waals surface area contributed by atoms with Crippen molar-refractivity contribution in [1.29, 1.82) is 0 Å². The molecular weight excluding hydrogens is 336 g/mol. The van der Waals surface area contributed by atoms with Crippen LogP contribution in [0.5, 0.6) is 0 Å². The summed E-state index contributed by atoms with van der Waals surface area (Å²) in [6.07, 6.45) is 1.98. The first-order valence-corrected chi connectivity index (χ1v) is 9.60. The Balaban J connectivity index is 1.42. The summed E-state index contributed by atoms with van der Waals surface area (Å²) in [5.74, 6) is 1.19. The molecule has 4 rings (SSSR count). The Morgan fingerprint density at radius 3 is 2.74 bits per heavy atom. The van der Waals surface area contributed by atoms with Crippen molar-refractivity contribution in [2.75, 3.05) is 18.4 Å². The minimum atomic E-state index is 0.0229. The molecule has 0 saturated carbocycles. The summed E-state index contributed by atoms with van der Waals surface area (Å²) in [4.78, 5) is 19.8. The van der Waals surface area contributed by atoms with Gasteiger partial charge in [0.1, 0.15) is 5.82 Å². The maximum atomic E-state index is 12.7. The van der Waals surface area contributed by atoms with Crippen LogP contribution in [0.2, 0.25) is 0 Å². The molecule has 1 N–H and O–H groups in total. The Morgan fingerprint density at radius 2 is 1.96 bits per heavy atom. The summed E-state index contributed by atoms with van der Waals surface area (Å²) < 4.78 is 2.16. The van der Waals surface area contributed by atoms with Crippen molar-refractivity contribution in [3.63, 3.8) is 0 Å². The molecule has 1 amide bonds. The molecule has 5 heteroatoms. The molecule has 1 fully saturated rings. The van der Waals surface area contributed by atoms with Crippen molar-refractivity contribution in [3.8, 4) is 0 Å². The highest BCUT2D eigenvalue weighted by Gasteiger charge is 2.26. The number of hydrogen-bond donors (Lipinski definition) is 1. The van der Waals surface area contributed by atoms with Crippen molar-refractivity contribution < 1.29 is 4.79 Å². The average molecular weight is 362 g/mol. The summed E-state index contributed by atoms with van der Waals surface area (Å²) in [5.41, 5.74) is 4.25. The van der Waals surface area contributed by atoms with E-state index < -0.39 is 0 Å². The van der Waals surface area contributed by atoms with Crippen LogP contribution in [0.15, 0.2) is 48.5 Å². The average Bonchev–Trinajstić information content (AvgIpc) is 3.00. The lowest BCUT2D eigenvalue weighted by Crippen LogP contribution is -2.40. The largest absolute Gasteiger partial charge is 0.330 e. The van der Waals surface area contributed by atoms with Crippen LogP contribution in [0.4, 0.5) is 5.69 Å². The summed E-state index contributed by atoms with van der Waals surface area (Å²) in [6, 6.07) is 16.2. The molecule has 3 aromatic rings. The van der Waals surface area contributed by atoms with Crippen molar-refractivity contribution in [2.45, 2.75) is 26.3 Å². The summed E-state index contributed by atoms with van der Waals surface area (Å²) in [7, 11) is 2.07. The van der Waals surface area contributed by atoms with E-state index in [9.17, 15) is 4.79 Å². The zero-order chi connectivity index (χ0) is 18.8. The van der Waals surface area contributed by atoms with Gasteiger partial charge in [0.25, 0.3) is 0 Å². The second-order valence-corrected chi connectivity index (χ2v) is 7.51. The van der Waals surface area contributed by atoms with E-state index in [4.69, 9.17) is 4.98 Å². The lowest BCUT2D eigenvalue weighted by Gasteiger charge is -2.31. The number of anilines is 1. The van der Waals surface area contributed by atoms with Gasteiger partial charge < -0.3 is 9.88 Å². The van der Waals surface area contributed by atoms with Gasteiger partial charge in [-0.1, -0.05) is 29.8 Å². The smallest absolute Gasteiger partial charge is 0.228 e. The summed E-state index contributed by atoms with van der Waals surface area (Å²) in [5, 5.41) is 3.07. The molecule has 0 unspecified atom stereocenters. The third-order valence-electron chi connectivity index (χ3n) is 5.44. The number of aromatic nitrogens is 2. The molecule has 1 atom stereocenters. The molecule has 140 valence electrons. The summed E-state index contributed by atoms with van der Waals surface area (Å²) >= 11 is 0. The molecule has 1 saturated heterocycles. The molecule has 5 nitrogen and oxygen atoms in total. The van der Waals surface area contributed by atoms with Gasteiger partial charge in [0.15, 0.2) is 0 Å². The molecular formula is C22H26N4O. The Bertz CT molecular complexity index is 945. The molecule has 1 aromatic heterocycles. The van der Waals surface area contributed by atoms with E-state index in [0.717, 1.165) is 55.0 Å². The van der Waals surface area contributed by atoms with Crippen LogP contribution in [-0.4, -0.2) is 33.4 Å². The van der Waals surface area contributed by atoms with E-state index >= 15 is 0 Å². The van der Waals surface area contributed by atoms with Gasteiger partial charge in [0, 0.05) is 19.3 Å². The molecule has 2 aromatic carbocycles. The lowest BCUT2D eigenvalue weighted by molar-refractivity contribution is -0.121. The van der Waals surface area contributed by atoms with Crippen LogP contribution in [0.3, 0.4) is 0 Å². The van der Waals surface area contributed by atoms with Crippen LogP contribution in [0, 0.1) is 12.8 Å². The number of imidazole rings is 1. The van der Waals surface area contributed by atoms with Gasteiger partial charge in [-0.2, -0.15) is 0 Å². The number of aryl methyl sites for hydroxylation is 2. The molecule has 0 bridgehead atoms. The molecule has 0 aliphatic carbocycles. The zero-order valence-electron chi connectivity index (χ0n) is 16.0. The zero-order valence-corrected chi connectivity index (χ0v) is 16.0. The van der Waals surface area contributed by atoms with Crippen LogP contribution >= 0.6 is 0 Å². The minimum absolute atomic E-state index is 0.0229. The third-order valence-corrected chi connectivity index (χ3v) is 5.44. The molecule has 1 aliphatic rings. The predicted molar refractivity (Wildman–Crippen MR) is 109 cm³/mol. The monoisotopic (exact) mass is 362 g/mol. The van der Waals surface area contributed by atoms with Gasteiger partial charge in [0.2, 0.25) is 5.91 Å². The van der Waals surface area contributed by atoms with Crippen LogP contribution in [-0.2, 0) is 18.4 Å². The number of fused-ring (bicyclic) bond motifs is 1. The van der Waals surface area contributed by atoms with E-state index in [1.165, 1.54) is 5.56 Å². The first-order chi connectivity index (χ1) is 13.1. The Morgan fingerprint density at radius 1 is 1.19 bits per heavy atom. The third kappa shape index (κ3) is 3.88. The second-order valence-electron chi connectivity index (χ2n) is 7.51. The Labute approximate surface area is 160 Å². The normalized spacial score (nSPS) is 17.9. The number of piperidine rings is 1. The van der Waals surface area contributed by atoms with Gasteiger partial charge >= 0.3 is 0 Å². The number of para-hydroxylation sites is 2. The van der Waals surface area contributed by atoms with Crippen LogP contribution in [0.25, 0.3) is 11.0 Å². The van der Waals surface area contributed by atoms with Gasteiger partial charge in [-0.15, -0.1) is 0 Å². The van der Waals surface area contributed by atoms with Crippen LogP contribution < -0.4 is 5.32 Å². The number of likely N-dealkylation sites (tertiary alicyclic amines) is 1. The fourth-order valence-corrected chi connectivity index (χ4v) is 3.83. The highest BCUT2D eigenvalue weighted by atomic mass is 16.1. The Kier molecular flexibility index (Phi) is 4.94.